The van der Waals surface area contributed by atoms with Gasteiger partial charge in [0.15, 0.2) is 11.5 Å². The minimum Gasteiger partial charge on any atom is -0.457 e. The lowest BCUT2D eigenvalue weighted by molar-refractivity contribution is -0.133. The molecule has 5 heterocycles. The third-order valence-electron chi connectivity index (χ3n) is 7.07. The Labute approximate surface area is 228 Å². The zero-order chi connectivity index (χ0) is 26.9. The standard InChI is InChI=1S/C27H26ClFN8O2/c1-17-13-19(4-5-22(17)39-20-7-11-36-23(14-20)30-15-32-36)34-26-24-21(8-12-37(24)33-16-31-26)18-3-2-9-35(10-6-18)27(38)25(28)29/h4-5,7-8,11-16,18,25H,2-3,6,9-10H2,1H3,(H,31,33,34). The Morgan fingerprint density at radius 2 is 1.90 bits per heavy atom. The normalized spacial score (nSPS) is 16.8. The maximum absolute atomic E-state index is 13.4. The highest BCUT2D eigenvalue weighted by molar-refractivity contribution is 6.29. The molecule has 10 nitrogen and oxygen atoms in total. The van der Waals surface area contributed by atoms with Gasteiger partial charge in [-0.25, -0.2) is 23.4 Å². The molecule has 0 aliphatic carbocycles. The van der Waals surface area contributed by atoms with Gasteiger partial charge in [0.1, 0.15) is 29.7 Å². The van der Waals surface area contributed by atoms with Crippen molar-refractivity contribution in [3.63, 3.8) is 0 Å². The Morgan fingerprint density at radius 1 is 1.08 bits per heavy atom. The second kappa shape index (κ2) is 10.5. The highest BCUT2D eigenvalue weighted by atomic mass is 35.5. The molecule has 0 bridgehead atoms. The molecule has 1 fully saturated rings. The number of fused-ring (bicyclic) bond motifs is 2. The SMILES string of the molecule is Cc1cc(Nc2ncnn3ccc(C4CCCN(C(=O)C(F)Cl)CC4)c23)ccc1Oc1ccn2ncnc2c1. The summed E-state index contributed by atoms with van der Waals surface area (Å²) >= 11 is 5.41. The smallest absolute Gasteiger partial charge is 0.272 e. The molecule has 1 aromatic carbocycles. The van der Waals surface area contributed by atoms with E-state index in [0.717, 1.165) is 40.9 Å². The van der Waals surface area contributed by atoms with Gasteiger partial charge in [0.25, 0.3) is 11.5 Å². The van der Waals surface area contributed by atoms with E-state index in [1.807, 2.05) is 49.5 Å². The summed E-state index contributed by atoms with van der Waals surface area (Å²) in [6.07, 6.45) is 9.06. The van der Waals surface area contributed by atoms with Crippen molar-refractivity contribution in [2.75, 3.05) is 18.4 Å². The molecule has 1 amide bonds. The number of pyridine rings is 1. The lowest BCUT2D eigenvalue weighted by atomic mass is 9.93. The average molecular weight is 549 g/mol. The minimum atomic E-state index is -2.00. The summed E-state index contributed by atoms with van der Waals surface area (Å²) in [6.45, 7) is 2.93. The number of halogens is 2. The van der Waals surface area contributed by atoms with E-state index in [-0.39, 0.29) is 5.92 Å². The van der Waals surface area contributed by atoms with E-state index in [4.69, 9.17) is 16.3 Å². The second-order valence-corrected chi connectivity index (χ2v) is 9.94. The zero-order valence-corrected chi connectivity index (χ0v) is 21.9. The van der Waals surface area contributed by atoms with Gasteiger partial charge in [-0.1, -0.05) is 11.6 Å². The summed E-state index contributed by atoms with van der Waals surface area (Å²) in [5, 5.41) is 11.9. The van der Waals surface area contributed by atoms with Crippen molar-refractivity contribution in [1.82, 2.24) is 34.1 Å². The molecule has 5 aromatic rings. The number of anilines is 2. The summed E-state index contributed by atoms with van der Waals surface area (Å²) in [5.41, 5.74) is 2.48. The van der Waals surface area contributed by atoms with Crippen LogP contribution in [0.5, 0.6) is 11.5 Å². The maximum atomic E-state index is 13.4. The minimum absolute atomic E-state index is 0.174. The van der Waals surface area contributed by atoms with Crippen LogP contribution in [0.25, 0.3) is 11.2 Å². The van der Waals surface area contributed by atoms with Crippen molar-refractivity contribution in [3.8, 4) is 11.5 Å². The van der Waals surface area contributed by atoms with Gasteiger partial charge in [0.2, 0.25) is 0 Å². The van der Waals surface area contributed by atoms with Crippen LogP contribution in [0.1, 0.15) is 36.3 Å². The van der Waals surface area contributed by atoms with Gasteiger partial charge in [-0.05, 0) is 73.6 Å². The zero-order valence-electron chi connectivity index (χ0n) is 21.2. The van der Waals surface area contributed by atoms with E-state index in [2.05, 4.69) is 25.5 Å². The van der Waals surface area contributed by atoms with Gasteiger partial charge in [-0.15, -0.1) is 0 Å². The first kappa shape index (κ1) is 25.1. The first-order valence-electron chi connectivity index (χ1n) is 12.7. The van der Waals surface area contributed by atoms with Gasteiger partial charge in [-0.2, -0.15) is 10.2 Å². The topological polar surface area (TPSA) is 102 Å². The number of benzene rings is 1. The number of ether oxygens (including phenoxy) is 1. The van der Waals surface area contributed by atoms with Gasteiger partial charge in [0, 0.05) is 37.2 Å². The molecule has 0 radical (unpaired) electrons. The molecule has 2 atom stereocenters. The molecule has 200 valence electrons. The number of carbonyl (C=O) groups excluding carboxylic acids is 1. The van der Waals surface area contributed by atoms with Crippen LogP contribution in [0.2, 0.25) is 0 Å². The molecule has 1 aliphatic rings. The number of amides is 1. The average Bonchev–Trinajstić information content (AvgIpc) is 3.51. The van der Waals surface area contributed by atoms with E-state index in [0.29, 0.717) is 36.7 Å². The quantitative estimate of drug-likeness (QED) is 0.289. The van der Waals surface area contributed by atoms with E-state index in [1.165, 1.54) is 17.6 Å². The number of nitrogens with zero attached hydrogens (tertiary/aromatic N) is 7. The van der Waals surface area contributed by atoms with Crippen LogP contribution in [-0.4, -0.2) is 58.7 Å². The molecule has 1 saturated heterocycles. The Kier molecular flexibility index (Phi) is 6.74. The molecule has 12 heteroatoms. The maximum Gasteiger partial charge on any atom is 0.272 e. The largest absolute Gasteiger partial charge is 0.457 e. The van der Waals surface area contributed by atoms with Crippen molar-refractivity contribution in [2.45, 2.75) is 37.7 Å². The summed E-state index contributed by atoms with van der Waals surface area (Å²) in [7, 11) is 0. The highest BCUT2D eigenvalue weighted by Crippen LogP contribution is 2.35. The third-order valence-corrected chi connectivity index (χ3v) is 7.26. The molecule has 39 heavy (non-hydrogen) atoms. The summed E-state index contributed by atoms with van der Waals surface area (Å²) < 4.78 is 23.0. The Hall–Kier alpha value is -4.25. The number of nitrogens with one attached hydrogen (secondary N) is 1. The number of aromatic nitrogens is 6. The van der Waals surface area contributed by atoms with Crippen LogP contribution in [0.3, 0.4) is 0 Å². The van der Waals surface area contributed by atoms with Crippen molar-refractivity contribution in [1.29, 1.82) is 0 Å². The fourth-order valence-electron chi connectivity index (χ4n) is 5.13. The second-order valence-electron chi connectivity index (χ2n) is 9.56. The molecule has 1 aliphatic heterocycles. The van der Waals surface area contributed by atoms with Crippen LogP contribution in [-0.2, 0) is 4.79 Å². The van der Waals surface area contributed by atoms with Crippen LogP contribution < -0.4 is 10.1 Å². The van der Waals surface area contributed by atoms with Gasteiger partial charge in [0.05, 0.1) is 0 Å². The van der Waals surface area contributed by atoms with Gasteiger partial charge >= 0.3 is 0 Å². The predicted molar refractivity (Wildman–Crippen MR) is 144 cm³/mol. The number of rotatable bonds is 6. The van der Waals surface area contributed by atoms with Crippen LogP contribution in [0.15, 0.2) is 61.4 Å². The van der Waals surface area contributed by atoms with Crippen LogP contribution >= 0.6 is 11.6 Å². The predicted octanol–water partition coefficient (Wildman–Crippen LogP) is 5.25. The fourth-order valence-corrected chi connectivity index (χ4v) is 5.27. The summed E-state index contributed by atoms with van der Waals surface area (Å²) in [5.74, 6) is 1.59. The number of aryl methyl sites for hydroxylation is 1. The highest BCUT2D eigenvalue weighted by Gasteiger charge is 2.27. The van der Waals surface area contributed by atoms with E-state index in [9.17, 15) is 9.18 Å². The van der Waals surface area contributed by atoms with Crippen molar-refractivity contribution in [3.05, 3.63) is 72.6 Å². The Morgan fingerprint density at radius 3 is 2.74 bits per heavy atom. The first-order chi connectivity index (χ1) is 19.0. The third kappa shape index (κ3) is 5.09. The van der Waals surface area contributed by atoms with Crippen molar-refractivity contribution in [2.24, 2.45) is 0 Å². The molecule has 2 unspecified atom stereocenters. The first-order valence-corrected chi connectivity index (χ1v) is 13.1. The summed E-state index contributed by atoms with van der Waals surface area (Å²) in [4.78, 5) is 22.3. The molecule has 0 saturated carbocycles. The van der Waals surface area contributed by atoms with Crippen molar-refractivity contribution < 1.29 is 13.9 Å². The number of alkyl halides is 2. The van der Waals surface area contributed by atoms with E-state index >= 15 is 0 Å². The molecule has 1 N–H and O–H groups in total. The lowest BCUT2D eigenvalue weighted by Gasteiger charge is -2.20. The Bertz CT molecular complexity index is 1650. The molecular weight excluding hydrogens is 523 g/mol. The van der Waals surface area contributed by atoms with Crippen LogP contribution in [0.4, 0.5) is 15.9 Å². The number of hydrogen-bond donors (Lipinski definition) is 1. The molecular formula is C27H26ClFN8O2. The van der Waals surface area contributed by atoms with E-state index < -0.39 is 11.5 Å². The number of hydrogen-bond acceptors (Lipinski definition) is 7. The molecule has 0 spiro atoms. The Balaban J connectivity index is 1.22. The lowest BCUT2D eigenvalue weighted by Crippen LogP contribution is -2.36. The fraction of sp³-hybridized carbons (Fsp3) is 0.296. The molecule has 6 rings (SSSR count). The van der Waals surface area contributed by atoms with Gasteiger partial charge in [-0.3, -0.25) is 4.79 Å². The monoisotopic (exact) mass is 548 g/mol. The number of carbonyl (C=O) groups is 1. The van der Waals surface area contributed by atoms with E-state index in [1.54, 1.807) is 15.2 Å². The van der Waals surface area contributed by atoms with Gasteiger partial charge < -0.3 is 15.0 Å². The van der Waals surface area contributed by atoms with Crippen molar-refractivity contribution >= 4 is 40.2 Å². The number of likely N-dealkylation sites (tertiary alicyclic amines) is 1. The van der Waals surface area contributed by atoms with Crippen LogP contribution in [0, 0.1) is 6.92 Å². The molecule has 4 aromatic heterocycles. The summed E-state index contributed by atoms with van der Waals surface area (Å²) in [6, 6.07) is 11.6.